The summed E-state index contributed by atoms with van der Waals surface area (Å²) in [6.07, 6.45) is 0. The number of carbonyl (C=O) groups is 5. The Balaban J connectivity index is 5.07. The van der Waals surface area contributed by atoms with Crippen LogP contribution < -0.4 is 0 Å². The lowest BCUT2D eigenvalue weighted by atomic mass is 10.4. The standard InChI is InChI=1S/C8H9NO8/c1-16-7(14)5(12)9(3-4(10)11)6(13)8(15)17-2/h3H2,1-2H3,(H,10,11). The number of nitrogens with zero attached hydrogens (tertiary/aromatic N) is 1. The molecule has 1 N–H and O–H groups in total. The number of esters is 2. The van der Waals surface area contributed by atoms with Crippen molar-refractivity contribution in [1.29, 1.82) is 0 Å². The van der Waals surface area contributed by atoms with E-state index >= 15 is 0 Å². The molecule has 0 bridgehead atoms. The first-order valence-corrected chi connectivity index (χ1v) is 4.09. The quantitative estimate of drug-likeness (QED) is 0.429. The van der Waals surface area contributed by atoms with Crippen molar-refractivity contribution in [3.05, 3.63) is 0 Å². The van der Waals surface area contributed by atoms with E-state index < -0.39 is 36.3 Å². The van der Waals surface area contributed by atoms with Crippen LogP contribution in [0.4, 0.5) is 0 Å². The molecule has 0 unspecified atom stereocenters. The van der Waals surface area contributed by atoms with Crippen molar-refractivity contribution < 1.29 is 38.6 Å². The maximum Gasteiger partial charge on any atom is 0.397 e. The van der Waals surface area contributed by atoms with Crippen molar-refractivity contribution in [3.63, 3.8) is 0 Å². The maximum atomic E-state index is 11.2. The maximum absolute atomic E-state index is 11.2. The van der Waals surface area contributed by atoms with E-state index in [4.69, 9.17) is 5.11 Å². The van der Waals surface area contributed by atoms with E-state index in [1.807, 2.05) is 0 Å². The first kappa shape index (κ1) is 14.6. The zero-order chi connectivity index (χ0) is 13.6. The second kappa shape index (κ2) is 6.20. The molecule has 0 atom stereocenters. The molecule has 0 aromatic rings. The van der Waals surface area contributed by atoms with Gasteiger partial charge in [-0.15, -0.1) is 0 Å². The summed E-state index contributed by atoms with van der Waals surface area (Å²) in [5, 5.41) is 8.44. The Morgan fingerprint density at radius 3 is 1.53 bits per heavy atom. The highest BCUT2D eigenvalue weighted by molar-refractivity contribution is 6.43. The third-order valence-electron chi connectivity index (χ3n) is 1.50. The van der Waals surface area contributed by atoms with Crippen LogP contribution >= 0.6 is 0 Å². The molecule has 0 spiro atoms. The van der Waals surface area contributed by atoms with Gasteiger partial charge >= 0.3 is 29.7 Å². The molecule has 0 radical (unpaired) electrons. The summed E-state index contributed by atoms with van der Waals surface area (Å²) in [7, 11) is 1.73. The molecule has 0 aromatic carbocycles. The van der Waals surface area contributed by atoms with Crippen LogP contribution in [0.5, 0.6) is 0 Å². The summed E-state index contributed by atoms with van der Waals surface area (Å²) >= 11 is 0. The number of amides is 2. The molecule has 0 aliphatic carbocycles. The predicted molar refractivity (Wildman–Crippen MR) is 48.4 cm³/mol. The van der Waals surface area contributed by atoms with E-state index in [1.54, 1.807) is 0 Å². The predicted octanol–water partition coefficient (Wildman–Crippen LogP) is -2.23. The monoisotopic (exact) mass is 247 g/mol. The zero-order valence-corrected chi connectivity index (χ0v) is 8.96. The number of ether oxygens (including phenoxy) is 2. The van der Waals surface area contributed by atoms with Crippen molar-refractivity contribution in [3.8, 4) is 0 Å². The van der Waals surface area contributed by atoms with Gasteiger partial charge in [0.1, 0.15) is 6.54 Å². The molecule has 9 heteroatoms. The first-order chi connectivity index (χ1) is 7.84. The van der Waals surface area contributed by atoms with Crippen LogP contribution in [-0.4, -0.2) is 60.5 Å². The summed E-state index contributed by atoms with van der Waals surface area (Å²) in [6, 6.07) is 0. The van der Waals surface area contributed by atoms with Gasteiger partial charge in [0.2, 0.25) is 0 Å². The van der Waals surface area contributed by atoms with Gasteiger partial charge in [0.05, 0.1) is 14.2 Å². The van der Waals surface area contributed by atoms with Gasteiger partial charge in [0, 0.05) is 0 Å². The van der Waals surface area contributed by atoms with E-state index in [0.29, 0.717) is 0 Å². The molecule has 0 saturated heterocycles. The fraction of sp³-hybridized carbons (Fsp3) is 0.375. The van der Waals surface area contributed by atoms with Gasteiger partial charge in [-0.1, -0.05) is 0 Å². The average Bonchev–Trinajstić information content (AvgIpc) is 2.31. The number of aliphatic carboxylic acids is 1. The Labute approximate surface area is 94.9 Å². The number of methoxy groups -OCH3 is 2. The minimum absolute atomic E-state index is 0.0833. The zero-order valence-electron chi connectivity index (χ0n) is 8.96. The van der Waals surface area contributed by atoms with Crippen LogP contribution in [0, 0.1) is 0 Å². The summed E-state index contributed by atoms with van der Waals surface area (Å²) in [5.74, 6) is -7.65. The Bertz CT molecular complexity index is 346. The summed E-state index contributed by atoms with van der Waals surface area (Å²) < 4.78 is 8.02. The van der Waals surface area contributed by atoms with Gasteiger partial charge in [0.15, 0.2) is 0 Å². The van der Waals surface area contributed by atoms with E-state index in [2.05, 4.69) is 9.47 Å². The van der Waals surface area contributed by atoms with E-state index in [9.17, 15) is 24.0 Å². The van der Waals surface area contributed by atoms with Crippen LogP contribution in [0.25, 0.3) is 0 Å². The molecule has 0 rings (SSSR count). The van der Waals surface area contributed by atoms with Crippen molar-refractivity contribution in [2.24, 2.45) is 0 Å². The largest absolute Gasteiger partial charge is 0.480 e. The lowest BCUT2D eigenvalue weighted by Crippen LogP contribution is -2.47. The molecule has 94 valence electrons. The second-order valence-corrected chi connectivity index (χ2v) is 2.57. The minimum atomic E-state index is -1.58. The number of rotatable bonds is 2. The molecule has 0 aliphatic heterocycles. The second-order valence-electron chi connectivity index (χ2n) is 2.57. The van der Waals surface area contributed by atoms with Crippen molar-refractivity contribution >= 4 is 29.7 Å². The molecule has 2 amide bonds. The number of carboxylic acid groups (broad SMARTS) is 1. The highest BCUT2D eigenvalue weighted by atomic mass is 16.5. The van der Waals surface area contributed by atoms with E-state index in [0.717, 1.165) is 14.2 Å². The van der Waals surface area contributed by atoms with Crippen molar-refractivity contribution in [2.45, 2.75) is 0 Å². The Kier molecular flexibility index (Phi) is 5.31. The lowest BCUT2D eigenvalue weighted by molar-refractivity contribution is -0.169. The Morgan fingerprint density at radius 1 is 0.941 bits per heavy atom. The third kappa shape index (κ3) is 3.89. The van der Waals surface area contributed by atoms with Crippen LogP contribution in [0.3, 0.4) is 0 Å². The third-order valence-corrected chi connectivity index (χ3v) is 1.50. The molecule has 0 heterocycles. The van der Waals surface area contributed by atoms with Crippen LogP contribution in [-0.2, 0) is 33.4 Å². The number of hydrogen-bond donors (Lipinski definition) is 1. The molecule has 9 nitrogen and oxygen atoms in total. The SMILES string of the molecule is COC(=O)C(=O)N(CC(=O)O)C(=O)C(=O)OC. The summed E-state index contributed by atoms with van der Waals surface area (Å²) in [4.78, 5) is 54.4. The smallest absolute Gasteiger partial charge is 0.397 e. The Hall–Kier alpha value is -2.45. The molecular formula is C8H9NO8. The van der Waals surface area contributed by atoms with Gasteiger partial charge in [-0.25, -0.2) is 9.59 Å². The summed E-state index contributed by atoms with van der Waals surface area (Å²) in [5.41, 5.74) is 0. The van der Waals surface area contributed by atoms with Gasteiger partial charge in [-0.05, 0) is 0 Å². The Morgan fingerprint density at radius 2 is 1.29 bits per heavy atom. The normalized spacial score (nSPS) is 9.06. The van der Waals surface area contributed by atoms with Crippen LogP contribution in [0.2, 0.25) is 0 Å². The van der Waals surface area contributed by atoms with Crippen LogP contribution in [0.15, 0.2) is 0 Å². The highest BCUT2D eigenvalue weighted by Crippen LogP contribution is 1.96. The lowest BCUT2D eigenvalue weighted by Gasteiger charge is -2.15. The first-order valence-electron chi connectivity index (χ1n) is 4.09. The van der Waals surface area contributed by atoms with Crippen molar-refractivity contribution in [1.82, 2.24) is 4.90 Å². The minimum Gasteiger partial charge on any atom is -0.480 e. The number of imide groups is 1. The van der Waals surface area contributed by atoms with Gasteiger partial charge in [-0.3, -0.25) is 19.3 Å². The topological polar surface area (TPSA) is 127 Å². The number of carbonyl (C=O) groups excluding carboxylic acids is 4. The van der Waals surface area contributed by atoms with Crippen LogP contribution in [0.1, 0.15) is 0 Å². The number of hydrogen-bond acceptors (Lipinski definition) is 7. The number of carboxylic acids is 1. The molecule has 0 aromatic heterocycles. The summed E-state index contributed by atoms with van der Waals surface area (Å²) in [6.45, 7) is -1.15. The average molecular weight is 247 g/mol. The molecular weight excluding hydrogens is 238 g/mol. The van der Waals surface area contributed by atoms with Gasteiger partial charge in [0.25, 0.3) is 0 Å². The molecule has 17 heavy (non-hydrogen) atoms. The molecule has 0 fully saturated rings. The fourth-order valence-corrected chi connectivity index (χ4v) is 0.766. The van der Waals surface area contributed by atoms with Gasteiger partial charge < -0.3 is 14.6 Å². The molecule has 0 saturated carbocycles. The molecule has 0 aliphatic rings. The fourth-order valence-electron chi connectivity index (χ4n) is 0.766. The van der Waals surface area contributed by atoms with Gasteiger partial charge in [-0.2, -0.15) is 0 Å². The van der Waals surface area contributed by atoms with E-state index in [1.165, 1.54) is 0 Å². The highest BCUT2D eigenvalue weighted by Gasteiger charge is 2.34. The van der Waals surface area contributed by atoms with Crippen molar-refractivity contribution in [2.75, 3.05) is 20.8 Å². The van der Waals surface area contributed by atoms with E-state index in [-0.39, 0.29) is 4.90 Å².